The molecule has 1 aromatic heterocycles. The van der Waals surface area contributed by atoms with E-state index in [4.69, 9.17) is 9.47 Å². The summed E-state index contributed by atoms with van der Waals surface area (Å²) in [7, 11) is 1.69. The lowest BCUT2D eigenvalue weighted by Gasteiger charge is -2.21. The van der Waals surface area contributed by atoms with E-state index in [2.05, 4.69) is 52.2 Å². The topological polar surface area (TPSA) is 60.5 Å². The first-order valence-corrected chi connectivity index (χ1v) is 10.2. The van der Waals surface area contributed by atoms with Crippen LogP contribution in [0.15, 0.2) is 28.2 Å². The van der Waals surface area contributed by atoms with Crippen LogP contribution in [0, 0.1) is 5.92 Å². The molecule has 0 saturated heterocycles. The zero-order valence-corrected chi connectivity index (χ0v) is 17.7. The molecule has 0 aliphatic carbocycles. The van der Waals surface area contributed by atoms with Crippen LogP contribution in [0.3, 0.4) is 0 Å². The Morgan fingerprint density at radius 1 is 1.35 bits per heavy atom. The lowest BCUT2D eigenvalue weighted by Crippen LogP contribution is -2.34. The van der Waals surface area contributed by atoms with Crippen molar-refractivity contribution in [2.24, 2.45) is 5.92 Å². The van der Waals surface area contributed by atoms with Gasteiger partial charge >= 0.3 is 0 Å². The van der Waals surface area contributed by atoms with Crippen LogP contribution in [0.5, 0.6) is 5.75 Å². The molecular formula is C19H25BrN2O3S. The lowest BCUT2D eigenvalue weighted by molar-refractivity contribution is -0.110. The van der Waals surface area contributed by atoms with E-state index in [1.165, 1.54) is 0 Å². The third-order valence-electron chi connectivity index (χ3n) is 4.05. The number of hydrogen-bond donors (Lipinski definition) is 1. The Morgan fingerprint density at radius 2 is 2.15 bits per heavy atom. The quantitative estimate of drug-likeness (QED) is 0.417. The molecule has 26 heavy (non-hydrogen) atoms. The SMILES string of the molecule is COCCCOc1cc(CC(NC=O)C(C)C)ccc1-c1ncc(Br)s1. The molecule has 0 saturated carbocycles. The van der Waals surface area contributed by atoms with Gasteiger partial charge in [0.15, 0.2) is 0 Å². The molecule has 1 atom stereocenters. The van der Waals surface area contributed by atoms with E-state index in [1.54, 1.807) is 24.6 Å². The molecule has 5 nitrogen and oxygen atoms in total. The van der Waals surface area contributed by atoms with Gasteiger partial charge in [-0.05, 0) is 46.0 Å². The van der Waals surface area contributed by atoms with Crippen LogP contribution >= 0.6 is 27.3 Å². The van der Waals surface area contributed by atoms with Crippen LogP contribution in [0.1, 0.15) is 25.8 Å². The summed E-state index contributed by atoms with van der Waals surface area (Å²) in [5.41, 5.74) is 2.10. The summed E-state index contributed by atoms with van der Waals surface area (Å²) in [5, 5.41) is 3.82. The molecule has 1 heterocycles. The minimum atomic E-state index is 0.0914. The first-order valence-electron chi connectivity index (χ1n) is 8.61. The lowest BCUT2D eigenvalue weighted by atomic mass is 9.96. The summed E-state index contributed by atoms with van der Waals surface area (Å²) in [6, 6.07) is 6.27. The average molecular weight is 441 g/mol. The molecule has 0 bridgehead atoms. The van der Waals surface area contributed by atoms with Crippen LogP contribution in [0.4, 0.5) is 0 Å². The highest BCUT2D eigenvalue weighted by Crippen LogP contribution is 2.36. The molecule has 0 spiro atoms. The number of nitrogens with zero attached hydrogens (tertiary/aromatic N) is 1. The molecule has 0 fully saturated rings. The van der Waals surface area contributed by atoms with Gasteiger partial charge in [-0.15, -0.1) is 11.3 Å². The van der Waals surface area contributed by atoms with Gasteiger partial charge in [0.1, 0.15) is 10.8 Å². The van der Waals surface area contributed by atoms with Crippen molar-refractivity contribution in [3.8, 4) is 16.3 Å². The number of rotatable bonds is 11. The van der Waals surface area contributed by atoms with E-state index in [0.717, 1.165) is 44.9 Å². The predicted octanol–water partition coefficient (Wildman–Crippen LogP) is 4.30. The summed E-state index contributed by atoms with van der Waals surface area (Å²) < 4.78 is 12.1. The number of benzene rings is 1. The van der Waals surface area contributed by atoms with Crippen molar-refractivity contribution in [2.75, 3.05) is 20.3 Å². The second-order valence-electron chi connectivity index (χ2n) is 6.33. The Bertz CT molecular complexity index is 706. The third-order valence-corrected chi connectivity index (χ3v) is 5.56. The average Bonchev–Trinajstić information content (AvgIpc) is 3.04. The standard InChI is InChI=1S/C19H25BrN2O3S/c1-13(2)16(22-12-23)9-14-5-6-15(19-21-11-18(20)26-19)17(10-14)25-8-4-7-24-3/h5-6,10-13,16H,4,7-9H2,1-3H3,(H,22,23). The van der Waals surface area contributed by atoms with Gasteiger partial charge in [-0.3, -0.25) is 4.79 Å². The van der Waals surface area contributed by atoms with Gasteiger partial charge in [0, 0.05) is 26.2 Å². The first kappa shape index (κ1) is 20.9. The van der Waals surface area contributed by atoms with Crippen molar-refractivity contribution >= 4 is 33.7 Å². The van der Waals surface area contributed by atoms with E-state index in [1.807, 2.05) is 6.07 Å². The Kier molecular flexibility index (Phi) is 8.54. The van der Waals surface area contributed by atoms with Gasteiger partial charge in [-0.1, -0.05) is 19.9 Å². The molecule has 1 amide bonds. The van der Waals surface area contributed by atoms with Gasteiger partial charge in [-0.2, -0.15) is 0 Å². The highest BCUT2D eigenvalue weighted by molar-refractivity contribution is 9.11. The summed E-state index contributed by atoms with van der Waals surface area (Å²) in [6.07, 6.45) is 4.15. The van der Waals surface area contributed by atoms with Crippen molar-refractivity contribution in [3.05, 3.63) is 33.7 Å². The Balaban J connectivity index is 2.24. The fraction of sp³-hybridized carbons (Fsp3) is 0.474. The first-order chi connectivity index (χ1) is 12.5. The molecule has 0 aliphatic heterocycles. The summed E-state index contributed by atoms with van der Waals surface area (Å²) in [5.74, 6) is 1.16. The molecule has 1 aromatic carbocycles. The maximum absolute atomic E-state index is 10.9. The van der Waals surface area contributed by atoms with E-state index in [9.17, 15) is 4.79 Å². The number of ether oxygens (including phenoxy) is 2. The van der Waals surface area contributed by atoms with Gasteiger partial charge in [0.05, 0.1) is 22.2 Å². The second kappa shape index (κ2) is 10.6. The van der Waals surface area contributed by atoms with Crippen molar-refractivity contribution in [1.82, 2.24) is 10.3 Å². The van der Waals surface area contributed by atoms with Crippen molar-refractivity contribution in [3.63, 3.8) is 0 Å². The second-order valence-corrected chi connectivity index (χ2v) is 8.74. The number of nitrogens with one attached hydrogen (secondary N) is 1. The smallest absolute Gasteiger partial charge is 0.207 e. The Hall–Kier alpha value is -1.44. The van der Waals surface area contributed by atoms with Gasteiger partial charge in [0.2, 0.25) is 6.41 Å². The maximum atomic E-state index is 10.9. The monoisotopic (exact) mass is 440 g/mol. The number of amides is 1. The fourth-order valence-corrected chi connectivity index (χ4v) is 3.82. The molecule has 2 rings (SSSR count). The summed E-state index contributed by atoms with van der Waals surface area (Å²) >= 11 is 5.04. The van der Waals surface area contributed by atoms with Crippen LogP contribution in [0.2, 0.25) is 0 Å². The van der Waals surface area contributed by atoms with Gasteiger partial charge in [-0.25, -0.2) is 4.98 Å². The number of methoxy groups -OCH3 is 1. The minimum absolute atomic E-state index is 0.0914. The molecule has 1 unspecified atom stereocenters. The van der Waals surface area contributed by atoms with Crippen molar-refractivity contribution in [1.29, 1.82) is 0 Å². The number of hydrogen-bond acceptors (Lipinski definition) is 5. The van der Waals surface area contributed by atoms with Crippen LogP contribution in [-0.4, -0.2) is 37.8 Å². The molecule has 2 aromatic rings. The molecule has 0 aliphatic rings. The van der Waals surface area contributed by atoms with E-state index < -0.39 is 0 Å². The largest absolute Gasteiger partial charge is 0.493 e. The number of halogens is 1. The van der Waals surface area contributed by atoms with E-state index in [0.29, 0.717) is 19.1 Å². The Morgan fingerprint density at radius 3 is 2.77 bits per heavy atom. The van der Waals surface area contributed by atoms with Crippen LogP contribution < -0.4 is 10.1 Å². The normalized spacial score (nSPS) is 12.2. The Labute approximate surface area is 167 Å². The maximum Gasteiger partial charge on any atom is 0.207 e. The summed E-state index contributed by atoms with van der Waals surface area (Å²) in [6.45, 7) is 5.45. The van der Waals surface area contributed by atoms with E-state index in [-0.39, 0.29) is 6.04 Å². The zero-order valence-electron chi connectivity index (χ0n) is 15.3. The molecule has 142 valence electrons. The highest BCUT2D eigenvalue weighted by Gasteiger charge is 2.16. The minimum Gasteiger partial charge on any atom is -0.493 e. The van der Waals surface area contributed by atoms with Crippen LogP contribution in [0.25, 0.3) is 10.6 Å². The van der Waals surface area contributed by atoms with Crippen molar-refractivity contribution in [2.45, 2.75) is 32.7 Å². The van der Waals surface area contributed by atoms with E-state index >= 15 is 0 Å². The van der Waals surface area contributed by atoms with Gasteiger partial charge < -0.3 is 14.8 Å². The number of carbonyl (C=O) groups excluding carboxylic acids is 1. The molecular weight excluding hydrogens is 416 g/mol. The number of thiazole rings is 1. The fourth-order valence-electron chi connectivity index (χ4n) is 2.58. The van der Waals surface area contributed by atoms with Crippen LogP contribution in [-0.2, 0) is 16.0 Å². The molecule has 0 radical (unpaired) electrons. The summed E-state index contributed by atoms with van der Waals surface area (Å²) in [4.78, 5) is 15.3. The number of aromatic nitrogens is 1. The highest BCUT2D eigenvalue weighted by atomic mass is 79.9. The third kappa shape index (κ3) is 6.07. The number of carbonyl (C=O) groups is 1. The van der Waals surface area contributed by atoms with Gasteiger partial charge in [0.25, 0.3) is 0 Å². The van der Waals surface area contributed by atoms with Crippen molar-refractivity contribution < 1.29 is 14.3 Å². The predicted molar refractivity (Wildman–Crippen MR) is 109 cm³/mol. The zero-order chi connectivity index (χ0) is 18.9. The molecule has 7 heteroatoms. The molecule has 1 N–H and O–H groups in total.